The van der Waals surface area contributed by atoms with Crippen molar-refractivity contribution in [3.05, 3.63) is 89.6 Å². The van der Waals surface area contributed by atoms with E-state index in [0.717, 1.165) is 11.3 Å². The Morgan fingerprint density at radius 2 is 1.71 bits per heavy atom. The molecule has 178 valence electrons. The second kappa shape index (κ2) is 10.1. The van der Waals surface area contributed by atoms with E-state index < -0.39 is 11.9 Å². The van der Waals surface area contributed by atoms with Crippen LogP contribution in [0.2, 0.25) is 0 Å². The maximum absolute atomic E-state index is 13.0. The summed E-state index contributed by atoms with van der Waals surface area (Å²) in [5, 5.41) is 12.9. The number of carbonyl (C=O) groups is 3. The topological polar surface area (TPSA) is 124 Å². The summed E-state index contributed by atoms with van der Waals surface area (Å²) in [7, 11) is 0. The van der Waals surface area contributed by atoms with Crippen molar-refractivity contribution in [3.8, 4) is 5.69 Å². The number of carbonyl (C=O) groups excluding carboxylic acids is 2. The fourth-order valence-electron chi connectivity index (χ4n) is 3.97. The van der Waals surface area contributed by atoms with Crippen LogP contribution < -0.4 is 11.1 Å². The molecular weight excluding hydrogens is 446 g/mol. The Bertz CT molecular complexity index is 1390. The lowest BCUT2D eigenvalue weighted by Crippen LogP contribution is -2.17. The van der Waals surface area contributed by atoms with Gasteiger partial charge in [-0.15, -0.1) is 0 Å². The van der Waals surface area contributed by atoms with E-state index in [1.54, 1.807) is 35.8 Å². The van der Waals surface area contributed by atoms with Crippen LogP contribution in [0.25, 0.3) is 16.6 Å². The van der Waals surface area contributed by atoms with Gasteiger partial charge >= 0.3 is 11.9 Å². The number of benzene rings is 3. The van der Waals surface area contributed by atoms with Gasteiger partial charge in [-0.05, 0) is 55.3 Å². The third-order valence-corrected chi connectivity index (χ3v) is 5.61. The minimum Gasteiger partial charge on any atom is -0.478 e. The number of para-hydroxylation sites is 1. The molecule has 0 unspecified atom stereocenters. The number of nitrogens with two attached hydrogens (primary N) is 1. The van der Waals surface area contributed by atoms with E-state index in [1.165, 1.54) is 6.20 Å². The molecular formula is C27H25N3O5. The lowest BCUT2D eigenvalue weighted by Gasteiger charge is -2.13. The van der Waals surface area contributed by atoms with E-state index in [1.807, 2.05) is 42.5 Å². The number of aromatic nitrogens is 1. The summed E-state index contributed by atoms with van der Waals surface area (Å²) in [4.78, 5) is 37.9. The average molecular weight is 472 g/mol. The number of rotatable bonds is 8. The molecule has 4 rings (SSSR count). The van der Waals surface area contributed by atoms with Crippen LogP contribution in [0.15, 0.2) is 72.9 Å². The van der Waals surface area contributed by atoms with Gasteiger partial charge in [-0.25, -0.2) is 9.59 Å². The SMILES string of the molecule is CCOC(=O)c1c(NC(=O)CCc2ccc(N)cc2)ccc2c1c(C(=O)O)cn2-c1ccccc1. The van der Waals surface area contributed by atoms with Crippen LogP contribution in [-0.4, -0.2) is 34.1 Å². The van der Waals surface area contributed by atoms with Gasteiger partial charge in [-0.3, -0.25) is 4.79 Å². The van der Waals surface area contributed by atoms with Crippen molar-refractivity contribution in [2.24, 2.45) is 0 Å². The molecule has 1 aromatic heterocycles. The molecule has 0 radical (unpaired) electrons. The molecule has 4 aromatic rings. The Morgan fingerprint density at radius 3 is 2.37 bits per heavy atom. The summed E-state index contributed by atoms with van der Waals surface area (Å²) in [5.74, 6) is -2.21. The fourth-order valence-corrected chi connectivity index (χ4v) is 3.97. The maximum Gasteiger partial charge on any atom is 0.340 e. The Kier molecular flexibility index (Phi) is 6.82. The van der Waals surface area contributed by atoms with Gasteiger partial charge in [0.2, 0.25) is 5.91 Å². The normalized spacial score (nSPS) is 10.8. The van der Waals surface area contributed by atoms with Gasteiger partial charge < -0.3 is 25.5 Å². The molecule has 0 spiro atoms. The van der Waals surface area contributed by atoms with Gasteiger partial charge in [0.15, 0.2) is 0 Å². The number of aryl methyl sites for hydroxylation is 1. The number of hydrogen-bond acceptors (Lipinski definition) is 5. The largest absolute Gasteiger partial charge is 0.478 e. The molecule has 35 heavy (non-hydrogen) atoms. The Labute approximate surface area is 201 Å². The molecule has 1 amide bonds. The van der Waals surface area contributed by atoms with Crippen molar-refractivity contribution in [1.29, 1.82) is 0 Å². The number of esters is 1. The molecule has 4 N–H and O–H groups in total. The second-order valence-electron chi connectivity index (χ2n) is 7.95. The first-order valence-corrected chi connectivity index (χ1v) is 11.2. The number of amides is 1. The van der Waals surface area contributed by atoms with Crippen molar-refractivity contribution in [3.63, 3.8) is 0 Å². The number of anilines is 2. The predicted octanol–water partition coefficient (Wildman–Crippen LogP) is 4.66. The van der Waals surface area contributed by atoms with Crippen LogP contribution in [0.4, 0.5) is 11.4 Å². The summed E-state index contributed by atoms with van der Waals surface area (Å²) in [5.41, 5.74) is 8.69. The van der Waals surface area contributed by atoms with E-state index in [-0.39, 0.29) is 41.1 Å². The molecule has 0 saturated carbocycles. The number of nitrogens with one attached hydrogen (secondary N) is 1. The zero-order valence-corrected chi connectivity index (χ0v) is 19.2. The molecule has 0 aliphatic rings. The molecule has 8 nitrogen and oxygen atoms in total. The van der Waals surface area contributed by atoms with Gasteiger partial charge in [0.25, 0.3) is 0 Å². The fraction of sp³-hybridized carbons (Fsp3) is 0.148. The smallest absolute Gasteiger partial charge is 0.340 e. The molecule has 0 fully saturated rings. The number of fused-ring (bicyclic) bond motifs is 1. The highest BCUT2D eigenvalue weighted by atomic mass is 16.5. The summed E-state index contributed by atoms with van der Waals surface area (Å²) in [6, 6.07) is 19.7. The highest BCUT2D eigenvalue weighted by molar-refractivity contribution is 6.17. The van der Waals surface area contributed by atoms with E-state index in [2.05, 4.69) is 5.32 Å². The maximum atomic E-state index is 13.0. The number of aromatic carboxylic acids is 1. The standard InChI is InChI=1S/C27H25N3O5/c1-2-35-27(34)25-21(29-23(31)15-10-17-8-11-18(28)12-9-17)13-14-22-24(25)20(26(32)33)16-30(22)19-6-4-3-5-7-19/h3-9,11-14,16H,2,10,15,28H2,1H3,(H,29,31)(H,32,33). The van der Waals surface area contributed by atoms with Gasteiger partial charge in [-0.1, -0.05) is 30.3 Å². The van der Waals surface area contributed by atoms with E-state index in [0.29, 0.717) is 17.6 Å². The van der Waals surface area contributed by atoms with Gasteiger partial charge in [0.05, 0.1) is 28.9 Å². The number of hydrogen-bond donors (Lipinski definition) is 3. The minimum absolute atomic E-state index is 0.0114. The van der Waals surface area contributed by atoms with E-state index in [9.17, 15) is 19.5 Å². The van der Waals surface area contributed by atoms with Crippen molar-refractivity contribution in [1.82, 2.24) is 4.57 Å². The zero-order chi connectivity index (χ0) is 24.9. The lowest BCUT2D eigenvalue weighted by molar-refractivity contribution is -0.116. The molecule has 0 aliphatic heterocycles. The molecule has 0 aliphatic carbocycles. The quantitative estimate of drug-likeness (QED) is 0.254. The Balaban J connectivity index is 1.75. The first-order chi connectivity index (χ1) is 16.9. The summed E-state index contributed by atoms with van der Waals surface area (Å²) < 4.78 is 6.95. The van der Waals surface area contributed by atoms with Crippen LogP contribution >= 0.6 is 0 Å². The van der Waals surface area contributed by atoms with Gasteiger partial charge in [-0.2, -0.15) is 0 Å². The van der Waals surface area contributed by atoms with Crippen LogP contribution in [0.5, 0.6) is 0 Å². The zero-order valence-electron chi connectivity index (χ0n) is 19.2. The number of nitrogen functional groups attached to an aromatic ring is 1. The van der Waals surface area contributed by atoms with E-state index >= 15 is 0 Å². The van der Waals surface area contributed by atoms with Gasteiger partial charge in [0, 0.05) is 29.4 Å². The van der Waals surface area contributed by atoms with Crippen LogP contribution in [0.3, 0.4) is 0 Å². The monoisotopic (exact) mass is 471 g/mol. The summed E-state index contributed by atoms with van der Waals surface area (Å²) in [6.45, 7) is 1.76. The minimum atomic E-state index is -1.19. The number of nitrogens with zero attached hydrogens (tertiary/aromatic N) is 1. The molecule has 8 heteroatoms. The predicted molar refractivity (Wildman–Crippen MR) is 134 cm³/mol. The second-order valence-corrected chi connectivity index (χ2v) is 7.95. The summed E-state index contributed by atoms with van der Waals surface area (Å²) >= 11 is 0. The highest BCUT2D eigenvalue weighted by Gasteiger charge is 2.26. The van der Waals surface area contributed by atoms with Crippen molar-refractivity contribution < 1.29 is 24.2 Å². The average Bonchev–Trinajstić information content (AvgIpc) is 3.24. The molecule has 3 aromatic carbocycles. The molecule has 1 heterocycles. The number of carboxylic acid groups (broad SMARTS) is 1. The molecule has 0 saturated heterocycles. The number of ether oxygens (including phenoxy) is 1. The number of carboxylic acids is 1. The van der Waals surface area contributed by atoms with Crippen molar-refractivity contribution >= 4 is 40.1 Å². The Hall–Kier alpha value is -4.59. The van der Waals surface area contributed by atoms with Crippen molar-refractivity contribution in [2.45, 2.75) is 19.8 Å². The third kappa shape index (κ3) is 5.01. The van der Waals surface area contributed by atoms with Gasteiger partial charge in [0.1, 0.15) is 0 Å². The van der Waals surface area contributed by atoms with Crippen LogP contribution in [0, 0.1) is 0 Å². The highest BCUT2D eigenvalue weighted by Crippen LogP contribution is 2.33. The Morgan fingerprint density at radius 1 is 1.00 bits per heavy atom. The van der Waals surface area contributed by atoms with Crippen LogP contribution in [0.1, 0.15) is 39.6 Å². The molecule has 0 bridgehead atoms. The van der Waals surface area contributed by atoms with E-state index in [4.69, 9.17) is 10.5 Å². The van der Waals surface area contributed by atoms with Crippen molar-refractivity contribution in [2.75, 3.05) is 17.7 Å². The summed E-state index contributed by atoms with van der Waals surface area (Å²) in [6.07, 6.45) is 2.12. The van der Waals surface area contributed by atoms with Crippen LogP contribution in [-0.2, 0) is 16.0 Å². The first-order valence-electron chi connectivity index (χ1n) is 11.2. The molecule has 0 atom stereocenters. The first kappa shape index (κ1) is 23.6. The lowest BCUT2D eigenvalue weighted by atomic mass is 10.0. The third-order valence-electron chi connectivity index (χ3n) is 5.61.